The molecular formula is C18H20N2O2. The van der Waals surface area contributed by atoms with Crippen LogP contribution in [0.4, 0.5) is 0 Å². The molecule has 22 heavy (non-hydrogen) atoms. The molecule has 0 unspecified atom stereocenters. The van der Waals surface area contributed by atoms with E-state index in [4.69, 9.17) is 11.5 Å². The highest BCUT2D eigenvalue weighted by Crippen LogP contribution is 2.10. The van der Waals surface area contributed by atoms with E-state index in [9.17, 15) is 9.59 Å². The van der Waals surface area contributed by atoms with Crippen molar-refractivity contribution in [2.24, 2.45) is 11.5 Å². The Morgan fingerprint density at radius 1 is 0.682 bits per heavy atom. The standard InChI is InChI=1S/C18H20N2O2/c19-15(17(21)13-7-3-1-4-8-13)11-12-16(20)18(22)14-9-5-2-6-10-14/h1-10,15-16H,11-12,19-20H2/t15-,16+. The van der Waals surface area contributed by atoms with Crippen LogP contribution in [0, 0.1) is 0 Å². The molecule has 2 rings (SSSR count). The van der Waals surface area contributed by atoms with Gasteiger partial charge in [0.2, 0.25) is 0 Å². The first-order valence-corrected chi connectivity index (χ1v) is 7.29. The molecule has 0 saturated heterocycles. The molecule has 114 valence electrons. The van der Waals surface area contributed by atoms with Gasteiger partial charge >= 0.3 is 0 Å². The van der Waals surface area contributed by atoms with Crippen LogP contribution in [-0.4, -0.2) is 23.7 Å². The summed E-state index contributed by atoms with van der Waals surface area (Å²) in [6, 6.07) is 16.5. The van der Waals surface area contributed by atoms with E-state index >= 15 is 0 Å². The molecule has 0 saturated carbocycles. The minimum absolute atomic E-state index is 0.125. The van der Waals surface area contributed by atoms with E-state index < -0.39 is 12.1 Å². The zero-order valence-corrected chi connectivity index (χ0v) is 12.3. The van der Waals surface area contributed by atoms with Gasteiger partial charge in [0.25, 0.3) is 0 Å². The van der Waals surface area contributed by atoms with E-state index in [1.165, 1.54) is 0 Å². The summed E-state index contributed by atoms with van der Waals surface area (Å²) in [4.78, 5) is 24.3. The van der Waals surface area contributed by atoms with Crippen molar-refractivity contribution in [3.05, 3.63) is 71.8 Å². The van der Waals surface area contributed by atoms with Crippen molar-refractivity contribution < 1.29 is 9.59 Å². The average molecular weight is 296 g/mol. The molecule has 0 aliphatic rings. The Morgan fingerprint density at radius 3 is 1.32 bits per heavy atom. The number of nitrogens with two attached hydrogens (primary N) is 2. The van der Waals surface area contributed by atoms with Crippen molar-refractivity contribution in [3.63, 3.8) is 0 Å². The van der Waals surface area contributed by atoms with Crippen LogP contribution in [0.15, 0.2) is 60.7 Å². The molecule has 0 aliphatic heterocycles. The van der Waals surface area contributed by atoms with Crippen LogP contribution in [0.5, 0.6) is 0 Å². The number of ketones is 2. The van der Waals surface area contributed by atoms with E-state index in [-0.39, 0.29) is 11.6 Å². The topological polar surface area (TPSA) is 86.2 Å². The monoisotopic (exact) mass is 296 g/mol. The molecule has 0 heterocycles. The van der Waals surface area contributed by atoms with Crippen molar-refractivity contribution >= 4 is 11.6 Å². The highest BCUT2D eigenvalue weighted by Gasteiger charge is 2.20. The summed E-state index contributed by atoms with van der Waals surface area (Å²) in [6.45, 7) is 0. The quantitative estimate of drug-likeness (QED) is 0.767. The van der Waals surface area contributed by atoms with Gasteiger partial charge in [-0.05, 0) is 12.8 Å². The molecule has 0 spiro atoms. The fraction of sp³-hybridized carbons (Fsp3) is 0.222. The van der Waals surface area contributed by atoms with Gasteiger partial charge in [-0.3, -0.25) is 9.59 Å². The first-order valence-electron chi connectivity index (χ1n) is 7.29. The molecule has 0 amide bonds. The number of Topliss-reactive ketones (excluding diaryl/α,β-unsaturated/α-hetero) is 2. The van der Waals surface area contributed by atoms with Gasteiger partial charge in [0, 0.05) is 11.1 Å². The summed E-state index contributed by atoms with van der Waals surface area (Å²) in [6.07, 6.45) is 0.765. The zero-order valence-electron chi connectivity index (χ0n) is 12.3. The van der Waals surface area contributed by atoms with Crippen LogP contribution in [0.1, 0.15) is 33.6 Å². The maximum absolute atomic E-state index is 12.1. The predicted molar refractivity (Wildman–Crippen MR) is 86.7 cm³/mol. The minimum atomic E-state index is -0.642. The Balaban J connectivity index is 1.89. The third-order valence-corrected chi connectivity index (χ3v) is 3.58. The van der Waals surface area contributed by atoms with Gasteiger partial charge < -0.3 is 11.5 Å². The van der Waals surface area contributed by atoms with Crippen LogP contribution >= 0.6 is 0 Å². The van der Waals surface area contributed by atoms with Crippen LogP contribution in [0.2, 0.25) is 0 Å². The Labute approximate surface area is 130 Å². The lowest BCUT2D eigenvalue weighted by Crippen LogP contribution is -2.36. The summed E-state index contributed by atoms with van der Waals surface area (Å²) in [5.41, 5.74) is 13.0. The number of carbonyl (C=O) groups excluding carboxylic acids is 2. The van der Waals surface area contributed by atoms with E-state index in [1.807, 2.05) is 12.1 Å². The van der Waals surface area contributed by atoms with Crippen LogP contribution in [0.25, 0.3) is 0 Å². The molecule has 0 bridgehead atoms. The predicted octanol–water partition coefficient (Wildman–Crippen LogP) is 2.19. The van der Waals surface area contributed by atoms with Gasteiger partial charge in [-0.15, -0.1) is 0 Å². The first-order chi connectivity index (χ1) is 10.6. The highest BCUT2D eigenvalue weighted by atomic mass is 16.1. The third-order valence-electron chi connectivity index (χ3n) is 3.58. The summed E-state index contributed by atoms with van der Waals surface area (Å²) >= 11 is 0. The number of rotatable bonds is 7. The van der Waals surface area contributed by atoms with Crippen LogP contribution in [-0.2, 0) is 0 Å². The lowest BCUT2D eigenvalue weighted by molar-refractivity contribution is 0.0926. The van der Waals surface area contributed by atoms with Crippen molar-refractivity contribution in [1.82, 2.24) is 0 Å². The molecule has 4 nitrogen and oxygen atoms in total. The molecule has 0 aromatic heterocycles. The van der Waals surface area contributed by atoms with Crippen molar-refractivity contribution in [3.8, 4) is 0 Å². The normalized spacial score (nSPS) is 13.4. The van der Waals surface area contributed by atoms with Gasteiger partial charge in [0.15, 0.2) is 11.6 Å². The van der Waals surface area contributed by atoms with Gasteiger partial charge in [-0.2, -0.15) is 0 Å². The Bertz CT molecular complexity index is 569. The number of benzene rings is 2. The molecule has 0 aliphatic carbocycles. The summed E-state index contributed by atoms with van der Waals surface area (Å²) < 4.78 is 0. The number of hydrogen-bond acceptors (Lipinski definition) is 4. The Hall–Kier alpha value is -2.30. The molecule has 2 atom stereocenters. The second-order valence-corrected chi connectivity index (χ2v) is 5.25. The second-order valence-electron chi connectivity index (χ2n) is 5.25. The third kappa shape index (κ3) is 4.10. The Morgan fingerprint density at radius 2 is 1.00 bits per heavy atom. The Kier molecular flexibility index (Phi) is 5.58. The fourth-order valence-corrected chi connectivity index (χ4v) is 2.25. The van der Waals surface area contributed by atoms with Gasteiger partial charge in [0.05, 0.1) is 12.1 Å². The SMILES string of the molecule is N[C@H](CC[C@H](N)C(=O)c1ccccc1)C(=O)c1ccccc1. The molecule has 0 fully saturated rings. The van der Waals surface area contributed by atoms with E-state index in [2.05, 4.69) is 0 Å². The largest absolute Gasteiger partial charge is 0.321 e. The second kappa shape index (κ2) is 7.64. The molecule has 2 aromatic rings. The lowest BCUT2D eigenvalue weighted by Gasteiger charge is -2.14. The number of hydrogen-bond donors (Lipinski definition) is 2. The van der Waals surface area contributed by atoms with Crippen molar-refractivity contribution in [2.45, 2.75) is 24.9 Å². The van der Waals surface area contributed by atoms with E-state index in [0.717, 1.165) is 0 Å². The molecule has 2 aromatic carbocycles. The van der Waals surface area contributed by atoms with Crippen molar-refractivity contribution in [1.29, 1.82) is 0 Å². The summed E-state index contributed by atoms with van der Waals surface area (Å²) in [7, 11) is 0. The average Bonchev–Trinajstić information content (AvgIpc) is 2.59. The zero-order chi connectivity index (χ0) is 15.9. The molecule has 0 radical (unpaired) electrons. The minimum Gasteiger partial charge on any atom is -0.321 e. The van der Waals surface area contributed by atoms with Crippen LogP contribution in [0.3, 0.4) is 0 Å². The fourth-order valence-electron chi connectivity index (χ4n) is 2.25. The maximum atomic E-state index is 12.1. The van der Waals surface area contributed by atoms with Crippen molar-refractivity contribution in [2.75, 3.05) is 0 Å². The first kappa shape index (κ1) is 16.1. The summed E-state index contributed by atoms with van der Waals surface area (Å²) in [5, 5.41) is 0. The van der Waals surface area contributed by atoms with E-state index in [0.29, 0.717) is 24.0 Å². The molecule has 4 N–H and O–H groups in total. The van der Waals surface area contributed by atoms with Gasteiger partial charge in [-0.25, -0.2) is 0 Å². The molecular weight excluding hydrogens is 276 g/mol. The lowest BCUT2D eigenvalue weighted by atomic mass is 9.95. The number of carbonyl (C=O) groups is 2. The van der Waals surface area contributed by atoms with Gasteiger partial charge in [0.1, 0.15) is 0 Å². The maximum Gasteiger partial charge on any atom is 0.179 e. The van der Waals surface area contributed by atoms with Gasteiger partial charge in [-0.1, -0.05) is 60.7 Å². The van der Waals surface area contributed by atoms with Crippen LogP contribution < -0.4 is 11.5 Å². The highest BCUT2D eigenvalue weighted by molar-refractivity contribution is 6.01. The molecule has 4 heteroatoms. The van der Waals surface area contributed by atoms with E-state index in [1.54, 1.807) is 48.5 Å². The summed E-state index contributed by atoms with van der Waals surface area (Å²) in [5.74, 6) is -0.250. The smallest absolute Gasteiger partial charge is 0.179 e.